The summed E-state index contributed by atoms with van der Waals surface area (Å²) in [7, 11) is -3.79. The largest absolute Gasteiger partial charge is 0.416 e. The van der Waals surface area contributed by atoms with Crippen molar-refractivity contribution in [2.75, 3.05) is 18.8 Å². The highest BCUT2D eigenvalue weighted by Crippen LogP contribution is 2.39. The van der Waals surface area contributed by atoms with E-state index in [0.29, 0.717) is 23.6 Å². The fourth-order valence-corrected chi connectivity index (χ4v) is 6.51. The van der Waals surface area contributed by atoms with Gasteiger partial charge in [0.05, 0.1) is 44.7 Å². The third-order valence-electron chi connectivity index (χ3n) is 7.11. The molecule has 2 atom stereocenters. The number of nitrogens with two attached hydrogens (primary N) is 1. The van der Waals surface area contributed by atoms with Crippen LogP contribution in [0.1, 0.15) is 37.0 Å². The van der Waals surface area contributed by atoms with Gasteiger partial charge in [0.2, 0.25) is 5.91 Å². The van der Waals surface area contributed by atoms with Gasteiger partial charge in [0.25, 0.3) is 5.56 Å². The average Bonchev–Trinajstić information content (AvgIpc) is 3.34. The van der Waals surface area contributed by atoms with Crippen LogP contribution in [0.15, 0.2) is 38.8 Å². The molecule has 1 saturated heterocycles. The summed E-state index contributed by atoms with van der Waals surface area (Å²) in [5, 5.41) is 1.94. The smallest absolute Gasteiger partial charge is 0.351 e. The van der Waals surface area contributed by atoms with Crippen LogP contribution in [-0.4, -0.2) is 59.7 Å². The number of carbonyl (C=O) groups excluding carboxylic acids is 1. The number of carbonyl (C=O) groups is 1. The number of amides is 1. The molecule has 10 nitrogen and oxygen atoms in total. The fourth-order valence-electron chi connectivity index (χ4n) is 4.90. The molecule has 1 aliphatic rings. The van der Waals surface area contributed by atoms with Crippen LogP contribution in [0, 0.1) is 0 Å². The zero-order valence-electron chi connectivity index (χ0n) is 22.5. The van der Waals surface area contributed by atoms with Gasteiger partial charge in [-0.15, -0.1) is 0 Å². The van der Waals surface area contributed by atoms with Crippen molar-refractivity contribution in [3.8, 4) is 0 Å². The Morgan fingerprint density at radius 3 is 2.52 bits per heavy atom. The molecule has 0 saturated carbocycles. The minimum absolute atomic E-state index is 0.0229. The van der Waals surface area contributed by atoms with Crippen LogP contribution in [0.2, 0.25) is 10.0 Å². The number of sulfone groups is 1. The summed E-state index contributed by atoms with van der Waals surface area (Å²) in [6, 6.07) is 3.43. The first-order valence-corrected chi connectivity index (χ1v) is 15.3. The summed E-state index contributed by atoms with van der Waals surface area (Å²) in [6.45, 7) is 2.70. The van der Waals surface area contributed by atoms with E-state index in [2.05, 4.69) is 10.3 Å². The second-order valence-electron chi connectivity index (χ2n) is 10.1. The number of alkyl halides is 3. The molecule has 1 aromatic heterocycles. The van der Waals surface area contributed by atoms with Crippen molar-refractivity contribution in [2.45, 2.75) is 56.5 Å². The number of benzene rings is 2. The maximum Gasteiger partial charge on any atom is 0.416 e. The lowest BCUT2D eigenvalue weighted by molar-refractivity contribution is -0.138. The van der Waals surface area contributed by atoms with Gasteiger partial charge in [-0.05, 0) is 48.7 Å². The Bertz CT molecular complexity index is 1770. The van der Waals surface area contributed by atoms with Gasteiger partial charge in [0.15, 0.2) is 9.84 Å². The van der Waals surface area contributed by atoms with Crippen LogP contribution < -0.4 is 22.3 Å². The number of aromatic nitrogens is 2. The molecule has 0 spiro atoms. The highest BCUT2D eigenvalue weighted by atomic mass is 35.5. The minimum Gasteiger partial charge on any atom is -0.351 e. The first-order valence-electron chi connectivity index (χ1n) is 12.9. The second-order valence-corrected chi connectivity index (χ2v) is 13.2. The maximum atomic E-state index is 14.3. The van der Waals surface area contributed by atoms with Gasteiger partial charge in [-0.25, -0.2) is 13.2 Å². The van der Waals surface area contributed by atoms with Crippen molar-refractivity contribution in [1.29, 1.82) is 0 Å². The van der Waals surface area contributed by atoms with Crippen LogP contribution >= 0.6 is 23.2 Å². The van der Waals surface area contributed by atoms with E-state index in [0.717, 1.165) is 0 Å². The van der Waals surface area contributed by atoms with Crippen LogP contribution in [0.4, 0.5) is 13.2 Å². The van der Waals surface area contributed by atoms with E-state index in [1.54, 1.807) is 4.90 Å². The lowest BCUT2D eigenvalue weighted by Crippen LogP contribution is -2.44. The van der Waals surface area contributed by atoms with E-state index in [4.69, 9.17) is 28.9 Å². The van der Waals surface area contributed by atoms with Gasteiger partial charge in [0, 0.05) is 30.7 Å². The molecule has 16 heteroatoms. The van der Waals surface area contributed by atoms with Crippen molar-refractivity contribution in [3.05, 3.63) is 71.8 Å². The molecule has 0 unspecified atom stereocenters. The number of halogens is 5. The second kappa shape index (κ2) is 12.0. The number of likely N-dealkylation sites (tertiary alicyclic amines) is 1. The predicted molar refractivity (Wildman–Crippen MR) is 153 cm³/mol. The topological polar surface area (TPSA) is 147 Å². The standard InChI is InChI=1S/C26H28Cl2F3N5O5S/c1-3-42(40,41)20-5-4-15(27)8-14(20)10-36-24(38)17-9-19(26(29,30)31)18(21(28)22(17)34-25(36)39)12-35-7-6-16(11-35)33-23(37)13(2)32/h4-5,8-9,13,16H,3,6-7,10-12,32H2,1-2H3,(H,33,37)(H,34,39)/t13-,16-/m1/s1. The molecule has 1 aliphatic heterocycles. The predicted octanol–water partition coefficient (Wildman–Crippen LogP) is 2.90. The lowest BCUT2D eigenvalue weighted by atomic mass is 10.0. The summed E-state index contributed by atoms with van der Waals surface area (Å²) in [5.41, 5.74) is 1.73. The molecule has 42 heavy (non-hydrogen) atoms. The van der Waals surface area contributed by atoms with E-state index < -0.39 is 55.8 Å². The number of H-pyrrole nitrogens is 1. The Morgan fingerprint density at radius 1 is 1.21 bits per heavy atom. The Kier molecular flexibility index (Phi) is 9.14. The molecule has 2 heterocycles. The van der Waals surface area contributed by atoms with Crippen molar-refractivity contribution in [1.82, 2.24) is 19.8 Å². The summed E-state index contributed by atoms with van der Waals surface area (Å²) < 4.78 is 68.6. The maximum absolute atomic E-state index is 14.3. The molecule has 0 bridgehead atoms. The van der Waals surface area contributed by atoms with E-state index in [9.17, 15) is 36.0 Å². The number of nitrogens with zero attached hydrogens (tertiary/aromatic N) is 2. The average molecular weight is 651 g/mol. The summed E-state index contributed by atoms with van der Waals surface area (Å²) in [6.07, 6.45) is -4.43. The molecule has 0 radical (unpaired) electrons. The molecule has 2 aromatic carbocycles. The highest BCUT2D eigenvalue weighted by molar-refractivity contribution is 7.91. The third kappa shape index (κ3) is 6.52. The summed E-state index contributed by atoms with van der Waals surface area (Å²) >= 11 is 12.5. The molecule has 4 N–H and O–H groups in total. The van der Waals surface area contributed by atoms with Crippen LogP contribution in [0.25, 0.3) is 10.9 Å². The Balaban J connectivity index is 1.79. The monoisotopic (exact) mass is 649 g/mol. The van der Waals surface area contributed by atoms with Gasteiger partial charge in [0.1, 0.15) is 0 Å². The summed E-state index contributed by atoms with van der Waals surface area (Å²) in [4.78, 5) is 42.3. The molecule has 0 aliphatic carbocycles. The molecule has 1 fully saturated rings. The first kappa shape index (κ1) is 32.0. The van der Waals surface area contributed by atoms with Gasteiger partial charge < -0.3 is 16.0 Å². The van der Waals surface area contributed by atoms with E-state index in [-0.39, 0.29) is 57.4 Å². The molecular formula is C26H28Cl2F3N5O5S. The van der Waals surface area contributed by atoms with Crippen LogP contribution in [0.3, 0.4) is 0 Å². The van der Waals surface area contributed by atoms with Crippen molar-refractivity contribution in [2.24, 2.45) is 5.73 Å². The quantitative estimate of drug-likeness (QED) is 0.340. The first-order chi connectivity index (χ1) is 19.5. The van der Waals surface area contributed by atoms with Gasteiger partial charge in [-0.1, -0.05) is 30.1 Å². The van der Waals surface area contributed by atoms with E-state index in [1.807, 2.05) is 0 Å². The normalized spacial score (nSPS) is 17.1. The zero-order chi connectivity index (χ0) is 31.1. The molecule has 228 valence electrons. The Hall–Kier alpha value is -2.91. The van der Waals surface area contributed by atoms with Crippen molar-refractivity contribution >= 4 is 49.8 Å². The van der Waals surface area contributed by atoms with Crippen LogP contribution in [-0.2, 0) is 33.9 Å². The lowest BCUT2D eigenvalue weighted by Gasteiger charge is -2.22. The third-order valence-corrected chi connectivity index (χ3v) is 9.59. The Morgan fingerprint density at radius 2 is 1.90 bits per heavy atom. The number of nitrogens with one attached hydrogen (secondary N) is 2. The summed E-state index contributed by atoms with van der Waals surface area (Å²) in [5.74, 6) is -0.651. The SMILES string of the molecule is CCS(=O)(=O)c1ccc(Cl)cc1Cn1c(=O)[nH]c2c(Cl)c(CN3CC[C@@H](NC(=O)[C@@H](C)N)C3)c(C(F)(F)F)cc2c1=O. The van der Waals surface area contributed by atoms with Crippen molar-refractivity contribution < 1.29 is 26.4 Å². The number of fused-ring (bicyclic) bond motifs is 1. The van der Waals surface area contributed by atoms with Crippen LogP contribution in [0.5, 0.6) is 0 Å². The molecular weight excluding hydrogens is 622 g/mol. The molecule has 3 aromatic rings. The van der Waals surface area contributed by atoms with E-state index in [1.165, 1.54) is 32.0 Å². The molecule has 4 rings (SSSR count). The van der Waals surface area contributed by atoms with Gasteiger partial charge in [-0.2, -0.15) is 13.2 Å². The fraction of sp³-hybridized carbons (Fsp3) is 0.423. The van der Waals surface area contributed by atoms with Gasteiger partial charge in [-0.3, -0.25) is 19.1 Å². The van der Waals surface area contributed by atoms with E-state index >= 15 is 0 Å². The number of hydrogen-bond acceptors (Lipinski definition) is 7. The number of hydrogen-bond donors (Lipinski definition) is 3. The molecule has 1 amide bonds. The minimum atomic E-state index is -4.90. The van der Waals surface area contributed by atoms with Crippen molar-refractivity contribution in [3.63, 3.8) is 0 Å². The zero-order valence-corrected chi connectivity index (χ0v) is 24.8. The number of aromatic amines is 1. The highest BCUT2D eigenvalue weighted by Gasteiger charge is 2.37. The van der Waals surface area contributed by atoms with Gasteiger partial charge >= 0.3 is 11.9 Å². The number of rotatable bonds is 8. The Labute approximate surface area is 248 Å².